The second-order valence-electron chi connectivity index (χ2n) is 4.23. The zero-order chi connectivity index (χ0) is 11.4. The molecule has 4 nitrogen and oxygen atoms in total. The summed E-state index contributed by atoms with van der Waals surface area (Å²) in [5, 5.41) is 0. The largest absolute Gasteiger partial charge is 0.324 e. The van der Waals surface area contributed by atoms with E-state index in [1.807, 2.05) is 0 Å². The summed E-state index contributed by atoms with van der Waals surface area (Å²) in [5.74, 6) is 1.74. The number of likely N-dealkylation sites (tertiary alicyclic amines) is 1. The Hall–Kier alpha value is -0.570. The van der Waals surface area contributed by atoms with Gasteiger partial charge in [0.1, 0.15) is 18.9 Å². The molecular weight excluding hydrogens is 214 g/mol. The standard InChI is InChI=1S/C10H18NO3S/c1-3-10-15(12,13)14-9-8-11(2)6-4-5-7-11/h1H,4-10H2,2H3/q+1. The number of quaternary nitrogens is 1. The van der Waals surface area contributed by atoms with Crippen molar-refractivity contribution in [2.75, 3.05) is 39.0 Å². The highest BCUT2D eigenvalue weighted by Gasteiger charge is 2.26. The zero-order valence-corrected chi connectivity index (χ0v) is 9.92. The van der Waals surface area contributed by atoms with Crippen LogP contribution in [0.3, 0.4) is 0 Å². The van der Waals surface area contributed by atoms with E-state index in [1.165, 1.54) is 12.8 Å². The molecule has 1 aliphatic rings. The number of rotatable bonds is 5. The molecular formula is C10H18NO3S+. The predicted octanol–water partition coefficient (Wildman–Crippen LogP) is 0.206. The summed E-state index contributed by atoms with van der Waals surface area (Å²) in [6, 6.07) is 0. The van der Waals surface area contributed by atoms with E-state index in [0.29, 0.717) is 0 Å². The molecule has 0 N–H and O–H groups in total. The Morgan fingerprint density at radius 3 is 2.53 bits per heavy atom. The van der Waals surface area contributed by atoms with Gasteiger partial charge in [0.2, 0.25) is 0 Å². The molecule has 1 fully saturated rings. The fourth-order valence-electron chi connectivity index (χ4n) is 1.85. The van der Waals surface area contributed by atoms with Crippen molar-refractivity contribution >= 4 is 10.1 Å². The number of hydrogen-bond donors (Lipinski definition) is 0. The quantitative estimate of drug-likeness (QED) is 0.386. The van der Waals surface area contributed by atoms with E-state index in [-0.39, 0.29) is 12.4 Å². The maximum absolute atomic E-state index is 11.1. The van der Waals surface area contributed by atoms with E-state index in [9.17, 15) is 8.42 Å². The second-order valence-corrected chi connectivity index (χ2v) is 5.87. The molecule has 0 bridgehead atoms. The van der Waals surface area contributed by atoms with Crippen molar-refractivity contribution in [3.63, 3.8) is 0 Å². The molecule has 1 saturated heterocycles. The van der Waals surface area contributed by atoms with Crippen molar-refractivity contribution in [2.45, 2.75) is 12.8 Å². The van der Waals surface area contributed by atoms with Gasteiger partial charge < -0.3 is 4.48 Å². The lowest BCUT2D eigenvalue weighted by molar-refractivity contribution is -0.897. The minimum atomic E-state index is -3.50. The molecule has 0 spiro atoms. The van der Waals surface area contributed by atoms with Gasteiger partial charge in [0.05, 0.1) is 20.1 Å². The molecule has 0 aromatic heterocycles. The third kappa shape index (κ3) is 4.20. The normalized spacial score (nSPS) is 20.0. The van der Waals surface area contributed by atoms with E-state index in [0.717, 1.165) is 24.1 Å². The molecule has 1 aliphatic heterocycles. The average molecular weight is 232 g/mol. The van der Waals surface area contributed by atoms with E-state index in [1.54, 1.807) is 0 Å². The summed E-state index contributed by atoms with van der Waals surface area (Å²) in [6.45, 7) is 3.20. The number of hydrogen-bond acceptors (Lipinski definition) is 3. The first-order valence-electron chi connectivity index (χ1n) is 5.12. The van der Waals surface area contributed by atoms with Crippen molar-refractivity contribution < 1.29 is 17.1 Å². The predicted molar refractivity (Wildman–Crippen MR) is 58.6 cm³/mol. The molecule has 15 heavy (non-hydrogen) atoms. The third-order valence-corrected chi connectivity index (χ3v) is 3.85. The highest BCUT2D eigenvalue weighted by molar-refractivity contribution is 7.86. The molecule has 1 rings (SSSR count). The molecule has 0 aliphatic carbocycles. The third-order valence-electron chi connectivity index (χ3n) is 2.80. The highest BCUT2D eigenvalue weighted by atomic mass is 32.2. The number of nitrogens with zero attached hydrogens (tertiary/aromatic N) is 1. The van der Waals surface area contributed by atoms with Gasteiger partial charge in [-0.15, -0.1) is 6.42 Å². The maximum Gasteiger partial charge on any atom is 0.278 e. The Bertz CT molecular complexity index is 336. The fourth-order valence-corrected chi connectivity index (χ4v) is 2.47. The summed E-state index contributed by atoms with van der Waals surface area (Å²) >= 11 is 0. The Labute approximate surface area is 91.9 Å². The second kappa shape index (κ2) is 4.97. The van der Waals surface area contributed by atoms with Crippen molar-refractivity contribution in [3.8, 4) is 12.3 Å². The molecule has 0 amide bonds. The molecule has 1 heterocycles. The van der Waals surface area contributed by atoms with Crippen LogP contribution in [-0.4, -0.2) is 51.9 Å². The Kier molecular flexibility index (Phi) is 4.14. The molecule has 5 heteroatoms. The molecule has 0 unspecified atom stereocenters. The average Bonchev–Trinajstić information content (AvgIpc) is 2.51. The first-order chi connectivity index (χ1) is 6.97. The molecule has 0 saturated carbocycles. The van der Waals surface area contributed by atoms with E-state index >= 15 is 0 Å². The Balaban J connectivity index is 2.30. The summed E-state index contributed by atoms with van der Waals surface area (Å²) < 4.78 is 28.0. The Morgan fingerprint density at radius 1 is 1.40 bits per heavy atom. The van der Waals surface area contributed by atoms with Gasteiger partial charge in [-0.05, 0) is 0 Å². The van der Waals surface area contributed by atoms with Gasteiger partial charge in [0, 0.05) is 12.8 Å². The lowest BCUT2D eigenvalue weighted by Gasteiger charge is -2.28. The molecule has 0 aromatic carbocycles. The van der Waals surface area contributed by atoms with Gasteiger partial charge in [0.15, 0.2) is 0 Å². The minimum absolute atomic E-state index is 0.237. The SMILES string of the molecule is C#CCS(=O)(=O)OCC[N+]1(C)CCCC1. The van der Waals surface area contributed by atoms with Gasteiger partial charge in [-0.2, -0.15) is 8.42 Å². The van der Waals surface area contributed by atoms with Gasteiger partial charge in [-0.3, -0.25) is 4.18 Å². The van der Waals surface area contributed by atoms with Crippen LogP contribution in [0.5, 0.6) is 0 Å². The topological polar surface area (TPSA) is 43.4 Å². The van der Waals surface area contributed by atoms with Gasteiger partial charge >= 0.3 is 0 Å². The lowest BCUT2D eigenvalue weighted by Crippen LogP contribution is -2.43. The summed E-state index contributed by atoms with van der Waals surface area (Å²) in [7, 11) is -1.37. The van der Waals surface area contributed by atoms with E-state index in [4.69, 9.17) is 10.6 Å². The van der Waals surface area contributed by atoms with Crippen molar-refractivity contribution in [1.82, 2.24) is 0 Å². The van der Waals surface area contributed by atoms with Crippen LogP contribution in [0, 0.1) is 12.3 Å². The molecule has 0 radical (unpaired) electrons. The van der Waals surface area contributed by atoms with Crippen LogP contribution in [0.2, 0.25) is 0 Å². The smallest absolute Gasteiger partial charge is 0.278 e. The van der Waals surface area contributed by atoms with Gasteiger partial charge in [-0.25, -0.2) is 0 Å². The van der Waals surface area contributed by atoms with E-state index < -0.39 is 10.1 Å². The lowest BCUT2D eigenvalue weighted by atomic mass is 10.4. The molecule has 86 valence electrons. The van der Waals surface area contributed by atoms with Crippen LogP contribution in [0.15, 0.2) is 0 Å². The monoisotopic (exact) mass is 232 g/mol. The molecule has 0 aromatic rings. The van der Waals surface area contributed by atoms with Crippen LogP contribution in [0.4, 0.5) is 0 Å². The van der Waals surface area contributed by atoms with Crippen LogP contribution in [-0.2, 0) is 14.3 Å². The zero-order valence-electron chi connectivity index (χ0n) is 9.11. The van der Waals surface area contributed by atoms with Crippen LogP contribution >= 0.6 is 0 Å². The fraction of sp³-hybridized carbons (Fsp3) is 0.800. The van der Waals surface area contributed by atoms with Crippen molar-refractivity contribution in [1.29, 1.82) is 0 Å². The number of likely N-dealkylation sites (N-methyl/N-ethyl adjacent to an activating group) is 1. The van der Waals surface area contributed by atoms with Crippen LogP contribution < -0.4 is 0 Å². The minimum Gasteiger partial charge on any atom is -0.324 e. The summed E-state index contributed by atoms with van der Waals surface area (Å²) in [4.78, 5) is 0. The van der Waals surface area contributed by atoms with Gasteiger partial charge in [0.25, 0.3) is 10.1 Å². The van der Waals surface area contributed by atoms with Crippen LogP contribution in [0.25, 0.3) is 0 Å². The van der Waals surface area contributed by atoms with Crippen molar-refractivity contribution in [2.24, 2.45) is 0 Å². The molecule has 0 atom stereocenters. The van der Waals surface area contributed by atoms with Crippen molar-refractivity contribution in [3.05, 3.63) is 0 Å². The van der Waals surface area contributed by atoms with Gasteiger partial charge in [-0.1, -0.05) is 5.92 Å². The van der Waals surface area contributed by atoms with Crippen LogP contribution in [0.1, 0.15) is 12.8 Å². The first-order valence-corrected chi connectivity index (χ1v) is 6.69. The summed E-state index contributed by atoms with van der Waals surface area (Å²) in [5.41, 5.74) is 0. The highest BCUT2D eigenvalue weighted by Crippen LogP contribution is 2.15. The first kappa shape index (κ1) is 12.5. The number of terminal acetylenes is 1. The summed E-state index contributed by atoms with van der Waals surface area (Å²) in [6.07, 6.45) is 7.35. The maximum atomic E-state index is 11.1. The Morgan fingerprint density at radius 2 is 2.00 bits per heavy atom. The van der Waals surface area contributed by atoms with E-state index in [2.05, 4.69) is 13.0 Å².